The minimum absolute atomic E-state index is 0.228. The van der Waals surface area contributed by atoms with E-state index in [0.29, 0.717) is 5.56 Å². The van der Waals surface area contributed by atoms with Crippen molar-refractivity contribution < 1.29 is 9.53 Å². The van der Waals surface area contributed by atoms with Crippen molar-refractivity contribution in [2.45, 2.75) is 6.04 Å². The fraction of sp³-hybridized carbons (Fsp3) is 0.125. The number of para-hydroxylation sites is 1. The van der Waals surface area contributed by atoms with Crippen LogP contribution < -0.4 is 5.32 Å². The minimum Gasteiger partial charge on any atom is -0.465 e. The number of methoxy groups -OCH3 is 1. The molecule has 0 saturated heterocycles. The molecule has 0 bridgehead atoms. The highest BCUT2D eigenvalue weighted by atomic mass is 79.9. The first-order chi connectivity index (χ1) is 10.2. The maximum atomic E-state index is 12.0. The average molecular weight is 345 g/mol. The summed E-state index contributed by atoms with van der Waals surface area (Å²) < 4.78 is 5.77. The Morgan fingerprint density at radius 2 is 2.05 bits per heavy atom. The summed E-state index contributed by atoms with van der Waals surface area (Å²) in [5.41, 5.74) is 3.37. The second-order valence-electron chi connectivity index (χ2n) is 4.64. The van der Waals surface area contributed by atoms with Gasteiger partial charge in [-0.3, -0.25) is 4.99 Å². The molecule has 21 heavy (non-hydrogen) atoms. The Hall–Kier alpha value is -2.14. The number of carbonyl (C=O) groups is 1. The van der Waals surface area contributed by atoms with Crippen LogP contribution in [-0.4, -0.2) is 19.4 Å². The number of hydrogen-bond donors (Lipinski definition) is 1. The SMILES string of the molecule is COC(=O)c1ccc(Br)cc1C1N=CNc2ccccc21. The molecule has 1 atom stereocenters. The average Bonchev–Trinajstić information content (AvgIpc) is 2.53. The maximum absolute atomic E-state index is 12.0. The van der Waals surface area contributed by atoms with E-state index >= 15 is 0 Å². The van der Waals surface area contributed by atoms with Crippen LogP contribution in [0.4, 0.5) is 5.69 Å². The Bertz CT molecular complexity index is 728. The molecule has 1 N–H and O–H groups in total. The highest BCUT2D eigenvalue weighted by Gasteiger charge is 2.24. The zero-order chi connectivity index (χ0) is 14.8. The number of rotatable bonds is 2. The van der Waals surface area contributed by atoms with Crippen LogP contribution in [0.2, 0.25) is 0 Å². The van der Waals surface area contributed by atoms with Gasteiger partial charge in [0.2, 0.25) is 0 Å². The third-order valence-corrected chi connectivity index (χ3v) is 3.91. The second-order valence-corrected chi connectivity index (χ2v) is 5.55. The highest BCUT2D eigenvalue weighted by molar-refractivity contribution is 9.10. The molecule has 2 aromatic rings. The van der Waals surface area contributed by atoms with E-state index in [0.717, 1.165) is 21.3 Å². The van der Waals surface area contributed by atoms with E-state index in [1.165, 1.54) is 7.11 Å². The van der Waals surface area contributed by atoms with E-state index in [1.54, 1.807) is 12.4 Å². The fourth-order valence-electron chi connectivity index (χ4n) is 2.43. The van der Waals surface area contributed by atoms with Gasteiger partial charge in [-0.15, -0.1) is 0 Å². The summed E-state index contributed by atoms with van der Waals surface area (Å²) in [6, 6.07) is 13.2. The maximum Gasteiger partial charge on any atom is 0.338 e. The van der Waals surface area contributed by atoms with Crippen molar-refractivity contribution in [3.8, 4) is 0 Å². The second kappa shape index (κ2) is 5.69. The molecule has 0 saturated carbocycles. The van der Waals surface area contributed by atoms with Crippen molar-refractivity contribution in [3.63, 3.8) is 0 Å². The molecule has 1 heterocycles. The Balaban J connectivity index is 2.16. The third kappa shape index (κ3) is 2.56. The number of anilines is 1. The molecule has 3 rings (SSSR count). The van der Waals surface area contributed by atoms with Gasteiger partial charge in [0.15, 0.2) is 0 Å². The predicted octanol–water partition coefficient (Wildman–Crippen LogP) is 3.78. The summed E-state index contributed by atoms with van der Waals surface area (Å²) in [7, 11) is 1.38. The van der Waals surface area contributed by atoms with E-state index in [-0.39, 0.29) is 12.0 Å². The number of esters is 1. The van der Waals surface area contributed by atoms with Crippen molar-refractivity contribution in [1.29, 1.82) is 0 Å². The number of nitrogens with zero attached hydrogens (tertiary/aromatic N) is 1. The molecule has 0 amide bonds. The van der Waals surface area contributed by atoms with Gasteiger partial charge in [-0.05, 0) is 29.8 Å². The molecule has 5 heteroatoms. The van der Waals surface area contributed by atoms with Crippen LogP contribution >= 0.6 is 15.9 Å². The Kier molecular flexibility index (Phi) is 3.75. The third-order valence-electron chi connectivity index (χ3n) is 3.41. The number of ether oxygens (including phenoxy) is 1. The molecular weight excluding hydrogens is 332 g/mol. The molecule has 0 aliphatic carbocycles. The smallest absolute Gasteiger partial charge is 0.338 e. The monoisotopic (exact) mass is 344 g/mol. The predicted molar refractivity (Wildman–Crippen MR) is 85.9 cm³/mol. The molecule has 0 fully saturated rings. The van der Waals surface area contributed by atoms with Crippen LogP contribution in [0, 0.1) is 0 Å². The molecule has 0 aromatic heterocycles. The van der Waals surface area contributed by atoms with Crippen molar-refractivity contribution in [3.05, 3.63) is 63.6 Å². The fourth-order valence-corrected chi connectivity index (χ4v) is 2.81. The Morgan fingerprint density at radius 3 is 2.86 bits per heavy atom. The van der Waals surface area contributed by atoms with Gasteiger partial charge in [0.1, 0.15) is 6.04 Å². The standard InChI is InChI=1S/C16H13BrN2O2/c1-21-16(20)11-7-6-10(17)8-13(11)15-12-4-2-3-5-14(12)18-9-19-15/h2-9,15H,1H3,(H,18,19). The van der Waals surface area contributed by atoms with Gasteiger partial charge in [-0.1, -0.05) is 34.1 Å². The van der Waals surface area contributed by atoms with Crippen LogP contribution in [0.1, 0.15) is 27.5 Å². The molecule has 1 aliphatic rings. The minimum atomic E-state index is -0.358. The van der Waals surface area contributed by atoms with Crippen molar-refractivity contribution in [1.82, 2.24) is 0 Å². The molecule has 0 spiro atoms. The van der Waals surface area contributed by atoms with Crippen molar-refractivity contribution in [2.75, 3.05) is 12.4 Å². The Labute approximate surface area is 131 Å². The normalized spacial score (nSPS) is 16.0. The van der Waals surface area contributed by atoms with E-state index in [1.807, 2.05) is 36.4 Å². The zero-order valence-electron chi connectivity index (χ0n) is 11.3. The Morgan fingerprint density at radius 1 is 1.24 bits per heavy atom. The number of nitrogens with one attached hydrogen (secondary N) is 1. The molecule has 2 aromatic carbocycles. The largest absolute Gasteiger partial charge is 0.465 e. The van der Waals surface area contributed by atoms with Gasteiger partial charge in [0.25, 0.3) is 0 Å². The summed E-state index contributed by atoms with van der Waals surface area (Å²) in [6.45, 7) is 0. The number of benzene rings is 2. The van der Waals surface area contributed by atoms with Gasteiger partial charge in [0, 0.05) is 15.7 Å². The van der Waals surface area contributed by atoms with Gasteiger partial charge in [-0.2, -0.15) is 0 Å². The lowest BCUT2D eigenvalue weighted by Gasteiger charge is -2.23. The zero-order valence-corrected chi connectivity index (χ0v) is 12.9. The van der Waals surface area contributed by atoms with Gasteiger partial charge >= 0.3 is 5.97 Å². The molecule has 0 radical (unpaired) electrons. The van der Waals surface area contributed by atoms with Gasteiger partial charge < -0.3 is 10.1 Å². The lowest BCUT2D eigenvalue weighted by molar-refractivity contribution is 0.0599. The van der Waals surface area contributed by atoms with Crippen LogP contribution in [0.25, 0.3) is 0 Å². The number of aliphatic imine (C=N–C) groups is 1. The molecular formula is C16H13BrN2O2. The number of hydrogen-bond acceptors (Lipinski definition) is 4. The molecule has 1 unspecified atom stereocenters. The first-order valence-corrected chi connectivity index (χ1v) is 7.25. The van der Waals surface area contributed by atoms with Crippen LogP contribution in [-0.2, 0) is 4.74 Å². The first-order valence-electron chi connectivity index (χ1n) is 6.45. The summed E-state index contributed by atoms with van der Waals surface area (Å²) in [6.07, 6.45) is 1.66. The summed E-state index contributed by atoms with van der Waals surface area (Å²) in [4.78, 5) is 16.5. The summed E-state index contributed by atoms with van der Waals surface area (Å²) in [5.74, 6) is -0.358. The topological polar surface area (TPSA) is 50.7 Å². The van der Waals surface area contributed by atoms with Crippen molar-refractivity contribution >= 4 is 33.9 Å². The van der Waals surface area contributed by atoms with Gasteiger partial charge in [-0.25, -0.2) is 4.79 Å². The van der Waals surface area contributed by atoms with E-state index < -0.39 is 0 Å². The van der Waals surface area contributed by atoms with Crippen molar-refractivity contribution in [2.24, 2.45) is 4.99 Å². The van der Waals surface area contributed by atoms with Gasteiger partial charge in [0.05, 0.1) is 19.0 Å². The number of carbonyl (C=O) groups excluding carboxylic acids is 1. The lowest BCUT2D eigenvalue weighted by Crippen LogP contribution is -2.15. The molecule has 1 aliphatic heterocycles. The number of halogens is 1. The van der Waals surface area contributed by atoms with Crippen LogP contribution in [0.5, 0.6) is 0 Å². The van der Waals surface area contributed by atoms with E-state index in [9.17, 15) is 4.79 Å². The van der Waals surface area contributed by atoms with Crippen LogP contribution in [0.15, 0.2) is 51.9 Å². The molecule has 106 valence electrons. The van der Waals surface area contributed by atoms with E-state index in [2.05, 4.69) is 26.2 Å². The highest BCUT2D eigenvalue weighted by Crippen LogP contribution is 2.36. The summed E-state index contributed by atoms with van der Waals surface area (Å²) in [5, 5.41) is 3.12. The number of fused-ring (bicyclic) bond motifs is 1. The lowest BCUT2D eigenvalue weighted by atomic mass is 9.93. The summed E-state index contributed by atoms with van der Waals surface area (Å²) >= 11 is 3.45. The molecule has 4 nitrogen and oxygen atoms in total. The van der Waals surface area contributed by atoms with E-state index in [4.69, 9.17) is 4.74 Å². The first kappa shape index (κ1) is 13.8. The van der Waals surface area contributed by atoms with Crippen LogP contribution in [0.3, 0.4) is 0 Å². The quantitative estimate of drug-likeness (QED) is 0.843.